The molecule has 0 radical (unpaired) electrons. The number of nitrogens with one attached hydrogen (secondary N) is 1. The van der Waals surface area contributed by atoms with Crippen molar-refractivity contribution in [1.29, 1.82) is 0 Å². The molecule has 0 spiro atoms. The van der Waals surface area contributed by atoms with Crippen LogP contribution in [0.3, 0.4) is 0 Å². The van der Waals surface area contributed by atoms with Crippen LogP contribution in [-0.2, 0) is 6.42 Å². The van der Waals surface area contributed by atoms with Gasteiger partial charge in [-0.3, -0.25) is 4.79 Å². The van der Waals surface area contributed by atoms with Crippen LogP contribution < -0.4 is 10.2 Å². The van der Waals surface area contributed by atoms with Crippen LogP contribution in [0.5, 0.6) is 5.75 Å². The van der Waals surface area contributed by atoms with Crippen LogP contribution in [0, 0.1) is 0 Å². The number of ether oxygens (including phenoxy) is 1. The summed E-state index contributed by atoms with van der Waals surface area (Å²) in [4.78, 5) is 12.4. The number of rotatable bonds is 5. The first-order valence-electron chi connectivity index (χ1n) is 6.19. The van der Waals surface area contributed by atoms with Crippen LogP contribution in [0.1, 0.15) is 22.2 Å². The van der Waals surface area contributed by atoms with Gasteiger partial charge in [-0.05, 0) is 36.1 Å². The zero-order valence-electron chi connectivity index (χ0n) is 11.4. The van der Waals surface area contributed by atoms with Crippen molar-refractivity contribution in [3.63, 3.8) is 0 Å². The molecule has 4 nitrogen and oxygen atoms in total. The fraction of sp³-hybridized carbons (Fsp3) is 0.200. The lowest BCUT2D eigenvalue weighted by Gasteiger charge is -2.04. The van der Waals surface area contributed by atoms with E-state index >= 15 is 0 Å². The average Bonchev–Trinajstić information content (AvgIpc) is 3.00. The Morgan fingerprint density at radius 3 is 2.65 bits per heavy atom. The molecule has 0 saturated carbocycles. The van der Waals surface area contributed by atoms with Crippen LogP contribution in [-0.4, -0.2) is 18.7 Å². The molecule has 1 amide bonds. The number of methoxy groups -OCH3 is 1. The first kappa shape index (κ1) is 14.3. The first-order chi connectivity index (χ1) is 9.69. The summed E-state index contributed by atoms with van der Waals surface area (Å²) in [5.41, 5.74) is 4.53. The molecule has 1 heterocycles. The Labute approximate surface area is 122 Å². The second-order valence-corrected chi connectivity index (χ2v) is 5.24. The van der Waals surface area contributed by atoms with Crippen LogP contribution in [0.25, 0.3) is 0 Å². The molecule has 1 aromatic carbocycles. The van der Waals surface area contributed by atoms with Crippen molar-refractivity contribution in [2.45, 2.75) is 13.3 Å². The van der Waals surface area contributed by atoms with Crippen LogP contribution in [0.15, 0.2) is 46.9 Å². The van der Waals surface area contributed by atoms with Crippen molar-refractivity contribution >= 4 is 23.0 Å². The van der Waals surface area contributed by atoms with Crippen LogP contribution in [0.2, 0.25) is 0 Å². The maximum atomic E-state index is 11.7. The molecule has 0 unspecified atom stereocenters. The lowest BCUT2D eigenvalue weighted by molar-refractivity contribution is 0.0959. The Balaban J connectivity index is 1.91. The molecule has 0 saturated heterocycles. The summed E-state index contributed by atoms with van der Waals surface area (Å²) in [6.07, 6.45) is 0.689. The van der Waals surface area contributed by atoms with Crippen molar-refractivity contribution in [2.75, 3.05) is 7.11 Å². The van der Waals surface area contributed by atoms with Crippen LogP contribution >= 0.6 is 11.3 Å². The number of benzene rings is 1. The largest absolute Gasteiger partial charge is 0.497 e. The minimum Gasteiger partial charge on any atom is -0.497 e. The third-order valence-corrected chi connectivity index (χ3v) is 3.58. The molecule has 2 rings (SSSR count). The van der Waals surface area contributed by atoms with Crippen LogP contribution in [0.4, 0.5) is 0 Å². The molecule has 1 N–H and O–H groups in total. The second kappa shape index (κ2) is 6.86. The predicted molar refractivity (Wildman–Crippen MR) is 81.6 cm³/mol. The minimum absolute atomic E-state index is 0.172. The summed E-state index contributed by atoms with van der Waals surface area (Å²) in [5.74, 6) is 0.656. The van der Waals surface area contributed by atoms with E-state index in [2.05, 4.69) is 10.5 Å². The summed E-state index contributed by atoms with van der Waals surface area (Å²) in [6.45, 7) is 1.89. The second-order valence-electron chi connectivity index (χ2n) is 4.29. The van der Waals surface area contributed by atoms with Gasteiger partial charge in [-0.2, -0.15) is 5.10 Å². The molecule has 0 fully saturated rings. The van der Waals surface area contributed by atoms with Gasteiger partial charge in [0.2, 0.25) is 0 Å². The highest BCUT2D eigenvalue weighted by Gasteiger charge is 2.05. The van der Waals surface area contributed by atoms with Gasteiger partial charge in [0.25, 0.3) is 5.91 Å². The molecule has 20 heavy (non-hydrogen) atoms. The number of hydrogen-bond donors (Lipinski definition) is 1. The topological polar surface area (TPSA) is 50.7 Å². The van der Waals surface area contributed by atoms with E-state index in [9.17, 15) is 4.79 Å². The Morgan fingerprint density at radius 2 is 2.05 bits per heavy atom. The third-order valence-electron chi connectivity index (χ3n) is 2.71. The summed E-state index contributed by atoms with van der Waals surface area (Å²) < 4.78 is 5.11. The zero-order valence-corrected chi connectivity index (χ0v) is 12.2. The van der Waals surface area contributed by atoms with Gasteiger partial charge in [0.15, 0.2) is 0 Å². The van der Waals surface area contributed by atoms with E-state index < -0.39 is 0 Å². The monoisotopic (exact) mass is 288 g/mol. The number of thiophene rings is 1. The van der Waals surface area contributed by atoms with Gasteiger partial charge in [0, 0.05) is 12.1 Å². The quantitative estimate of drug-likeness (QED) is 0.679. The molecule has 104 valence electrons. The van der Waals surface area contributed by atoms with Gasteiger partial charge in [-0.15, -0.1) is 11.3 Å². The van der Waals surface area contributed by atoms with Crippen molar-refractivity contribution in [2.24, 2.45) is 5.10 Å². The molecule has 0 aliphatic heterocycles. The van der Waals surface area contributed by atoms with Gasteiger partial charge in [0.05, 0.1) is 12.0 Å². The maximum absolute atomic E-state index is 11.7. The molecule has 0 aliphatic rings. The number of amides is 1. The number of hydrogen-bond acceptors (Lipinski definition) is 4. The van der Waals surface area contributed by atoms with Gasteiger partial charge in [-0.1, -0.05) is 18.2 Å². The van der Waals surface area contributed by atoms with E-state index in [0.29, 0.717) is 11.3 Å². The number of nitrogens with zero attached hydrogens (tertiary/aromatic N) is 1. The zero-order chi connectivity index (χ0) is 14.4. The minimum atomic E-state index is -0.172. The molecule has 1 aromatic heterocycles. The first-order valence-corrected chi connectivity index (χ1v) is 7.07. The summed E-state index contributed by atoms with van der Waals surface area (Å²) in [6, 6.07) is 11.4. The summed E-state index contributed by atoms with van der Waals surface area (Å²) in [7, 11) is 1.64. The van der Waals surface area contributed by atoms with Crippen molar-refractivity contribution < 1.29 is 9.53 Å². The standard InChI is InChI=1S/C15H16N2O2S/c1-11(10-12-5-7-13(19-2)8-6-12)16-17-15(18)14-4-3-9-20-14/h3-9H,10H2,1-2H3,(H,17,18)/b16-11-. The fourth-order valence-corrected chi connectivity index (χ4v) is 2.30. The Bertz CT molecular complexity index is 589. The smallest absolute Gasteiger partial charge is 0.281 e. The number of hydrazone groups is 1. The highest BCUT2D eigenvalue weighted by atomic mass is 32.1. The lowest BCUT2D eigenvalue weighted by Crippen LogP contribution is -2.18. The third kappa shape index (κ3) is 3.93. The van der Waals surface area contributed by atoms with E-state index in [4.69, 9.17) is 4.74 Å². The molecule has 0 atom stereocenters. The number of carbonyl (C=O) groups excluding carboxylic acids is 1. The Morgan fingerprint density at radius 1 is 1.30 bits per heavy atom. The van der Waals surface area contributed by atoms with Gasteiger partial charge < -0.3 is 4.74 Å². The van der Waals surface area contributed by atoms with Crippen molar-refractivity contribution in [3.05, 3.63) is 52.2 Å². The lowest BCUT2D eigenvalue weighted by atomic mass is 10.1. The van der Waals surface area contributed by atoms with E-state index in [0.717, 1.165) is 17.0 Å². The fourth-order valence-electron chi connectivity index (χ4n) is 1.69. The molecular weight excluding hydrogens is 272 g/mol. The van der Waals surface area contributed by atoms with Gasteiger partial charge in [-0.25, -0.2) is 5.43 Å². The number of carbonyl (C=O) groups is 1. The highest BCUT2D eigenvalue weighted by molar-refractivity contribution is 7.12. The van der Waals surface area contributed by atoms with Gasteiger partial charge >= 0.3 is 0 Å². The predicted octanol–water partition coefficient (Wildman–Crippen LogP) is 3.11. The SMILES string of the molecule is COc1ccc(C/C(C)=N\NC(=O)c2cccs2)cc1. The summed E-state index contributed by atoms with van der Waals surface area (Å²) in [5, 5.41) is 5.97. The Hall–Kier alpha value is -2.14. The van der Waals surface area contributed by atoms with E-state index in [-0.39, 0.29) is 5.91 Å². The average molecular weight is 288 g/mol. The maximum Gasteiger partial charge on any atom is 0.281 e. The summed E-state index contributed by atoms with van der Waals surface area (Å²) >= 11 is 1.40. The van der Waals surface area contributed by atoms with E-state index in [1.165, 1.54) is 11.3 Å². The van der Waals surface area contributed by atoms with Crippen molar-refractivity contribution in [1.82, 2.24) is 5.43 Å². The molecule has 0 bridgehead atoms. The van der Waals surface area contributed by atoms with Gasteiger partial charge in [0.1, 0.15) is 5.75 Å². The molecule has 2 aromatic rings. The van der Waals surface area contributed by atoms with E-state index in [1.807, 2.05) is 42.6 Å². The molecular formula is C15H16N2O2S. The van der Waals surface area contributed by atoms with E-state index in [1.54, 1.807) is 13.2 Å². The Kier molecular flexibility index (Phi) is 4.90. The van der Waals surface area contributed by atoms with Crippen molar-refractivity contribution in [3.8, 4) is 5.75 Å². The molecule has 5 heteroatoms. The highest BCUT2D eigenvalue weighted by Crippen LogP contribution is 2.12. The molecule has 0 aliphatic carbocycles. The normalized spacial score (nSPS) is 11.2.